The van der Waals surface area contributed by atoms with E-state index < -0.39 is 5.79 Å². The van der Waals surface area contributed by atoms with Crippen molar-refractivity contribution in [3.05, 3.63) is 48.6 Å². The molecule has 1 aliphatic rings. The van der Waals surface area contributed by atoms with Crippen LogP contribution in [0.15, 0.2) is 48.6 Å². The van der Waals surface area contributed by atoms with Crippen LogP contribution in [-0.2, 0) is 14.3 Å². The van der Waals surface area contributed by atoms with Gasteiger partial charge in [-0.25, -0.2) is 0 Å². The van der Waals surface area contributed by atoms with Crippen LogP contribution in [0.3, 0.4) is 0 Å². The minimum Gasteiger partial charge on any atom is -0.346 e. The van der Waals surface area contributed by atoms with Gasteiger partial charge >= 0.3 is 0 Å². The summed E-state index contributed by atoms with van der Waals surface area (Å²) in [5.74, 6) is -0.987. The van der Waals surface area contributed by atoms with Gasteiger partial charge in [-0.15, -0.1) is 0 Å². The molecule has 0 aromatic heterocycles. The van der Waals surface area contributed by atoms with Crippen molar-refractivity contribution in [2.24, 2.45) is 0 Å². The normalized spacial score (nSPS) is 18.9. The van der Waals surface area contributed by atoms with Gasteiger partial charge < -0.3 is 9.47 Å². The van der Waals surface area contributed by atoms with Gasteiger partial charge in [0.05, 0.1) is 6.61 Å². The lowest BCUT2D eigenvalue weighted by Gasteiger charge is -2.27. The number of rotatable bonds is 5. The molecule has 3 heteroatoms. The van der Waals surface area contributed by atoms with Crippen molar-refractivity contribution >= 4 is 5.78 Å². The van der Waals surface area contributed by atoms with Crippen LogP contribution in [0.1, 0.15) is 6.92 Å². The first kappa shape index (κ1) is 12.6. The second kappa shape index (κ2) is 5.58. The zero-order valence-electron chi connectivity index (χ0n) is 9.60. The van der Waals surface area contributed by atoms with Gasteiger partial charge in [-0.1, -0.05) is 18.7 Å². The van der Waals surface area contributed by atoms with Crippen LogP contribution >= 0.6 is 0 Å². The molecule has 0 saturated heterocycles. The Hall–Kier alpha value is -1.45. The highest BCUT2D eigenvalue weighted by Crippen LogP contribution is 2.20. The van der Waals surface area contributed by atoms with Gasteiger partial charge in [0, 0.05) is 7.11 Å². The average molecular weight is 220 g/mol. The molecule has 0 atom stereocenters. The fraction of sp³-hybridized carbons (Fsp3) is 0.308. The molecule has 0 saturated carbocycles. The summed E-state index contributed by atoms with van der Waals surface area (Å²) in [6, 6.07) is 0. The Labute approximate surface area is 95.7 Å². The van der Waals surface area contributed by atoms with E-state index in [1.807, 2.05) is 13.0 Å². The number of carbonyl (C=O) groups is 1. The molecule has 0 aromatic carbocycles. The summed E-state index contributed by atoms with van der Waals surface area (Å²) in [4.78, 5) is 11.0. The molecule has 0 amide bonds. The van der Waals surface area contributed by atoms with Gasteiger partial charge in [-0.2, -0.15) is 0 Å². The predicted molar refractivity (Wildman–Crippen MR) is 62.9 cm³/mol. The monoisotopic (exact) mass is 220 g/mol. The molecule has 0 bridgehead atoms. The SMILES string of the molecule is C=C/C=C(\C)COC1(OC)C=CC(=O)C=C1. The van der Waals surface area contributed by atoms with Gasteiger partial charge in [0.1, 0.15) is 0 Å². The van der Waals surface area contributed by atoms with E-state index in [-0.39, 0.29) is 5.78 Å². The summed E-state index contributed by atoms with van der Waals surface area (Å²) < 4.78 is 10.9. The smallest absolute Gasteiger partial charge is 0.208 e. The van der Waals surface area contributed by atoms with Crippen LogP contribution < -0.4 is 0 Å². The molecule has 0 fully saturated rings. The van der Waals surface area contributed by atoms with E-state index in [2.05, 4.69) is 6.58 Å². The van der Waals surface area contributed by atoms with Gasteiger partial charge in [-0.05, 0) is 36.8 Å². The lowest BCUT2D eigenvalue weighted by Crippen LogP contribution is -2.32. The number of hydrogen-bond donors (Lipinski definition) is 0. The second-order valence-electron chi connectivity index (χ2n) is 3.53. The lowest BCUT2D eigenvalue weighted by molar-refractivity contribution is -0.149. The van der Waals surface area contributed by atoms with Crippen molar-refractivity contribution < 1.29 is 14.3 Å². The zero-order chi connectivity index (χ0) is 12.0. The molecule has 0 radical (unpaired) electrons. The number of ketones is 1. The molecule has 0 N–H and O–H groups in total. The summed E-state index contributed by atoms with van der Waals surface area (Å²) in [7, 11) is 1.54. The Morgan fingerprint density at radius 1 is 1.50 bits per heavy atom. The molecule has 0 spiro atoms. The Balaban J connectivity index is 2.66. The Morgan fingerprint density at radius 3 is 2.62 bits per heavy atom. The third-order valence-electron chi connectivity index (χ3n) is 2.21. The van der Waals surface area contributed by atoms with Crippen LogP contribution in [-0.4, -0.2) is 25.3 Å². The first-order chi connectivity index (χ1) is 7.62. The van der Waals surface area contributed by atoms with Crippen LogP contribution in [0, 0.1) is 0 Å². The first-order valence-corrected chi connectivity index (χ1v) is 5.01. The van der Waals surface area contributed by atoms with Crippen LogP contribution in [0.2, 0.25) is 0 Å². The standard InChI is InChI=1S/C13H16O3/c1-4-5-11(2)10-16-13(15-3)8-6-12(14)7-9-13/h4-9H,1,10H2,2-3H3/b11-5+. The van der Waals surface area contributed by atoms with E-state index >= 15 is 0 Å². The summed E-state index contributed by atoms with van der Waals surface area (Å²) in [5, 5.41) is 0. The largest absolute Gasteiger partial charge is 0.346 e. The van der Waals surface area contributed by atoms with E-state index in [0.29, 0.717) is 6.61 Å². The Morgan fingerprint density at radius 2 is 2.12 bits per heavy atom. The van der Waals surface area contributed by atoms with E-state index in [0.717, 1.165) is 5.57 Å². The molecule has 0 aromatic rings. The maximum Gasteiger partial charge on any atom is 0.208 e. The summed E-state index contributed by atoms with van der Waals surface area (Å²) in [5.41, 5.74) is 1.03. The van der Waals surface area contributed by atoms with Crippen molar-refractivity contribution in [2.75, 3.05) is 13.7 Å². The average Bonchev–Trinajstić information content (AvgIpc) is 2.30. The van der Waals surface area contributed by atoms with Crippen molar-refractivity contribution in [1.29, 1.82) is 0 Å². The molecular formula is C13H16O3. The minimum absolute atomic E-state index is 0.0605. The van der Waals surface area contributed by atoms with E-state index in [1.165, 1.54) is 19.3 Å². The van der Waals surface area contributed by atoms with Crippen LogP contribution in [0.25, 0.3) is 0 Å². The van der Waals surface area contributed by atoms with Crippen molar-refractivity contribution in [1.82, 2.24) is 0 Å². The molecule has 3 nitrogen and oxygen atoms in total. The number of carbonyl (C=O) groups excluding carboxylic acids is 1. The molecule has 1 rings (SSSR count). The van der Waals surface area contributed by atoms with Crippen molar-refractivity contribution in [2.45, 2.75) is 12.7 Å². The zero-order valence-corrected chi connectivity index (χ0v) is 9.60. The molecule has 0 unspecified atom stereocenters. The van der Waals surface area contributed by atoms with Gasteiger partial charge in [-0.3, -0.25) is 4.79 Å². The van der Waals surface area contributed by atoms with Crippen LogP contribution in [0.5, 0.6) is 0 Å². The highest BCUT2D eigenvalue weighted by atomic mass is 16.7. The highest BCUT2D eigenvalue weighted by molar-refractivity contribution is 6.00. The highest BCUT2D eigenvalue weighted by Gasteiger charge is 2.26. The predicted octanol–water partition coefficient (Wildman–Crippen LogP) is 2.17. The molecule has 1 aliphatic carbocycles. The third-order valence-corrected chi connectivity index (χ3v) is 2.21. The number of methoxy groups -OCH3 is 1. The van der Waals surface area contributed by atoms with E-state index in [1.54, 1.807) is 18.2 Å². The Bertz CT molecular complexity index is 345. The minimum atomic E-state index is -0.926. The van der Waals surface area contributed by atoms with Crippen molar-refractivity contribution in [3.63, 3.8) is 0 Å². The Kier molecular flexibility index (Phi) is 4.40. The molecule has 0 aliphatic heterocycles. The molecule has 86 valence electrons. The third kappa shape index (κ3) is 3.29. The second-order valence-corrected chi connectivity index (χ2v) is 3.53. The van der Waals surface area contributed by atoms with Gasteiger partial charge in [0.15, 0.2) is 5.78 Å². The van der Waals surface area contributed by atoms with E-state index in [4.69, 9.17) is 9.47 Å². The first-order valence-electron chi connectivity index (χ1n) is 5.01. The number of allylic oxidation sites excluding steroid dienone is 4. The molecule has 0 heterocycles. The van der Waals surface area contributed by atoms with Gasteiger partial charge in [0.2, 0.25) is 5.79 Å². The molecular weight excluding hydrogens is 204 g/mol. The summed E-state index contributed by atoms with van der Waals surface area (Å²) in [6.45, 7) is 5.96. The number of hydrogen-bond acceptors (Lipinski definition) is 3. The molecule has 16 heavy (non-hydrogen) atoms. The van der Waals surface area contributed by atoms with E-state index in [9.17, 15) is 4.79 Å². The summed E-state index contributed by atoms with van der Waals surface area (Å²) in [6.07, 6.45) is 9.66. The van der Waals surface area contributed by atoms with Crippen molar-refractivity contribution in [3.8, 4) is 0 Å². The maximum absolute atomic E-state index is 11.0. The fourth-order valence-corrected chi connectivity index (χ4v) is 1.27. The van der Waals surface area contributed by atoms with Crippen LogP contribution in [0.4, 0.5) is 0 Å². The van der Waals surface area contributed by atoms with Gasteiger partial charge in [0.25, 0.3) is 0 Å². The number of ether oxygens (including phenoxy) is 2. The maximum atomic E-state index is 11.0. The summed E-state index contributed by atoms with van der Waals surface area (Å²) >= 11 is 0. The topological polar surface area (TPSA) is 35.5 Å². The fourth-order valence-electron chi connectivity index (χ4n) is 1.27. The lowest BCUT2D eigenvalue weighted by atomic mass is 10.1. The quantitative estimate of drug-likeness (QED) is 0.526.